The Bertz CT molecular complexity index is 745. The number of alkyl halides is 1. The minimum absolute atomic E-state index is 0.301. The van der Waals surface area contributed by atoms with Gasteiger partial charge in [0.2, 0.25) is 0 Å². The van der Waals surface area contributed by atoms with E-state index in [1.165, 1.54) is 0 Å². The van der Waals surface area contributed by atoms with Crippen molar-refractivity contribution in [1.29, 1.82) is 0 Å². The average molecular weight is 322 g/mol. The van der Waals surface area contributed by atoms with E-state index in [9.17, 15) is 4.79 Å². The number of para-hydroxylation sites is 1. The first-order valence-corrected chi connectivity index (χ1v) is 7.18. The molecule has 0 aromatic heterocycles. The van der Waals surface area contributed by atoms with E-state index in [4.69, 9.17) is 27.9 Å². The number of hydrogen-bond donors (Lipinski definition) is 1. The molecule has 1 amide bonds. The fourth-order valence-corrected chi connectivity index (χ4v) is 3.12. The lowest BCUT2D eigenvalue weighted by Crippen LogP contribution is -2.30. The van der Waals surface area contributed by atoms with Gasteiger partial charge in [0.05, 0.1) is 7.11 Å². The fraction of sp³-hybridized carbons (Fsp3) is 0.188. The summed E-state index contributed by atoms with van der Waals surface area (Å²) >= 11 is 12.9. The van der Waals surface area contributed by atoms with Crippen LogP contribution in [0.3, 0.4) is 0 Å². The van der Waals surface area contributed by atoms with Gasteiger partial charge in [-0.25, -0.2) is 0 Å². The number of benzene rings is 2. The van der Waals surface area contributed by atoms with E-state index < -0.39 is 4.87 Å². The smallest absolute Gasteiger partial charge is 0.254 e. The summed E-state index contributed by atoms with van der Waals surface area (Å²) in [6.07, 6.45) is 0. The quantitative estimate of drug-likeness (QED) is 0.846. The number of carbonyl (C=O) groups excluding carboxylic acids is 1. The highest BCUT2D eigenvalue weighted by Gasteiger charge is 2.48. The van der Waals surface area contributed by atoms with Crippen molar-refractivity contribution in [3.8, 4) is 5.75 Å². The van der Waals surface area contributed by atoms with E-state index in [-0.39, 0.29) is 5.91 Å². The van der Waals surface area contributed by atoms with Gasteiger partial charge < -0.3 is 10.1 Å². The molecule has 108 valence electrons. The zero-order valence-corrected chi connectivity index (χ0v) is 13.0. The highest BCUT2D eigenvalue weighted by atomic mass is 35.5. The van der Waals surface area contributed by atoms with Gasteiger partial charge in [-0.3, -0.25) is 4.79 Å². The van der Waals surface area contributed by atoms with Crippen LogP contribution in [0.5, 0.6) is 5.75 Å². The molecule has 0 radical (unpaired) electrons. The Labute approximate surface area is 132 Å². The maximum absolute atomic E-state index is 12.5. The molecule has 1 atom stereocenters. The lowest BCUT2D eigenvalue weighted by molar-refractivity contribution is -0.117. The summed E-state index contributed by atoms with van der Waals surface area (Å²) in [4.78, 5) is 11.2. The summed E-state index contributed by atoms with van der Waals surface area (Å²) in [5.41, 5.74) is 2.82. The molecule has 0 bridgehead atoms. The Morgan fingerprint density at radius 3 is 2.62 bits per heavy atom. The monoisotopic (exact) mass is 321 g/mol. The first kappa shape index (κ1) is 14.2. The van der Waals surface area contributed by atoms with Crippen molar-refractivity contribution < 1.29 is 9.53 Å². The summed E-state index contributed by atoms with van der Waals surface area (Å²) in [6, 6.07) is 10.8. The van der Waals surface area contributed by atoms with Crippen LogP contribution in [0.4, 0.5) is 5.69 Å². The molecule has 0 spiro atoms. The summed E-state index contributed by atoms with van der Waals surface area (Å²) in [6.45, 7) is 1.88. The maximum atomic E-state index is 12.5. The van der Waals surface area contributed by atoms with Gasteiger partial charge in [0.25, 0.3) is 5.91 Å². The van der Waals surface area contributed by atoms with E-state index in [1.54, 1.807) is 25.3 Å². The highest BCUT2D eigenvalue weighted by molar-refractivity contribution is 6.42. The van der Waals surface area contributed by atoms with Gasteiger partial charge in [0.1, 0.15) is 5.75 Å². The minimum Gasteiger partial charge on any atom is -0.496 e. The zero-order chi connectivity index (χ0) is 15.2. The molecule has 1 aliphatic heterocycles. The second kappa shape index (κ2) is 4.93. The summed E-state index contributed by atoms with van der Waals surface area (Å²) in [7, 11) is 1.55. The number of rotatable bonds is 2. The minimum atomic E-state index is -1.33. The summed E-state index contributed by atoms with van der Waals surface area (Å²) in [5.74, 6) is 0.262. The second-order valence-electron chi connectivity index (χ2n) is 4.96. The topological polar surface area (TPSA) is 38.3 Å². The van der Waals surface area contributed by atoms with Crippen LogP contribution in [0, 0.1) is 6.92 Å². The number of methoxy groups -OCH3 is 1. The molecule has 1 heterocycles. The third kappa shape index (κ3) is 2.00. The predicted octanol–water partition coefficient (Wildman–Crippen LogP) is 4.09. The average Bonchev–Trinajstić information content (AvgIpc) is 2.72. The lowest BCUT2D eigenvalue weighted by atomic mass is 9.90. The molecule has 2 aromatic carbocycles. The molecule has 0 aliphatic carbocycles. The Morgan fingerprint density at radius 2 is 1.90 bits per heavy atom. The molecule has 3 nitrogen and oxygen atoms in total. The number of aryl methyl sites for hydroxylation is 1. The molecule has 1 unspecified atom stereocenters. The Morgan fingerprint density at radius 1 is 1.19 bits per heavy atom. The molecular formula is C16H13Cl2NO2. The number of amides is 1. The van der Waals surface area contributed by atoms with Crippen LogP contribution in [0.25, 0.3) is 0 Å². The van der Waals surface area contributed by atoms with E-state index in [2.05, 4.69) is 5.32 Å². The first-order chi connectivity index (χ1) is 9.98. The Balaban J connectivity index is 2.28. The molecule has 1 N–H and O–H groups in total. The van der Waals surface area contributed by atoms with E-state index in [1.807, 2.05) is 25.1 Å². The molecule has 21 heavy (non-hydrogen) atoms. The van der Waals surface area contributed by atoms with Crippen LogP contribution in [0.1, 0.15) is 16.7 Å². The van der Waals surface area contributed by atoms with Crippen molar-refractivity contribution in [2.45, 2.75) is 11.8 Å². The van der Waals surface area contributed by atoms with Crippen molar-refractivity contribution in [2.75, 3.05) is 12.4 Å². The van der Waals surface area contributed by atoms with Crippen molar-refractivity contribution in [1.82, 2.24) is 0 Å². The molecule has 0 fully saturated rings. The normalized spacial score (nSPS) is 20.1. The SMILES string of the molecule is COc1ccccc1C1(Cl)C(=O)Nc2cc(C)c(Cl)cc21. The van der Waals surface area contributed by atoms with Gasteiger partial charge in [-0.1, -0.05) is 41.4 Å². The molecule has 0 saturated heterocycles. The van der Waals surface area contributed by atoms with Crippen LogP contribution >= 0.6 is 23.2 Å². The van der Waals surface area contributed by atoms with Gasteiger partial charge in [0.15, 0.2) is 4.87 Å². The van der Waals surface area contributed by atoms with Crippen LogP contribution in [-0.2, 0) is 9.67 Å². The fourth-order valence-electron chi connectivity index (χ4n) is 2.60. The second-order valence-corrected chi connectivity index (χ2v) is 5.93. The van der Waals surface area contributed by atoms with Gasteiger partial charge in [0, 0.05) is 21.8 Å². The number of hydrogen-bond acceptors (Lipinski definition) is 2. The van der Waals surface area contributed by atoms with Crippen LogP contribution in [0.15, 0.2) is 36.4 Å². The first-order valence-electron chi connectivity index (χ1n) is 6.43. The molecule has 0 saturated carbocycles. The zero-order valence-electron chi connectivity index (χ0n) is 11.5. The standard InChI is InChI=1S/C16H13Cl2NO2/c1-9-7-13-11(8-12(9)17)16(18,15(20)19-13)10-5-3-4-6-14(10)21-2/h3-8H,1-2H3,(H,19,20). The molecule has 2 aromatic rings. The van der Waals surface area contributed by atoms with E-state index >= 15 is 0 Å². The molecular weight excluding hydrogens is 309 g/mol. The predicted molar refractivity (Wildman–Crippen MR) is 84.4 cm³/mol. The largest absolute Gasteiger partial charge is 0.496 e. The van der Waals surface area contributed by atoms with Gasteiger partial charge in [-0.2, -0.15) is 0 Å². The lowest BCUT2D eigenvalue weighted by Gasteiger charge is -2.22. The van der Waals surface area contributed by atoms with Crippen LogP contribution < -0.4 is 10.1 Å². The van der Waals surface area contributed by atoms with Gasteiger partial charge in [-0.05, 0) is 30.7 Å². The van der Waals surface area contributed by atoms with Crippen molar-refractivity contribution in [2.24, 2.45) is 0 Å². The maximum Gasteiger partial charge on any atom is 0.254 e. The number of nitrogens with one attached hydrogen (secondary N) is 1. The summed E-state index contributed by atoms with van der Waals surface area (Å²) < 4.78 is 5.34. The van der Waals surface area contributed by atoms with Crippen LogP contribution in [-0.4, -0.2) is 13.0 Å². The van der Waals surface area contributed by atoms with E-state index in [0.29, 0.717) is 27.6 Å². The van der Waals surface area contributed by atoms with Crippen molar-refractivity contribution in [3.05, 3.63) is 58.1 Å². The molecule has 5 heteroatoms. The number of fused-ring (bicyclic) bond motifs is 1. The van der Waals surface area contributed by atoms with Crippen molar-refractivity contribution in [3.63, 3.8) is 0 Å². The van der Waals surface area contributed by atoms with E-state index in [0.717, 1.165) is 5.56 Å². The number of halogens is 2. The third-order valence-electron chi connectivity index (χ3n) is 3.71. The highest BCUT2D eigenvalue weighted by Crippen LogP contribution is 2.49. The van der Waals surface area contributed by atoms with Crippen molar-refractivity contribution >= 4 is 34.8 Å². The third-order valence-corrected chi connectivity index (χ3v) is 4.70. The van der Waals surface area contributed by atoms with Crippen LogP contribution in [0.2, 0.25) is 5.02 Å². The molecule has 3 rings (SSSR count). The Hall–Kier alpha value is -1.71. The number of anilines is 1. The summed E-state index contributed by atoms with van der Waals surface area (Å²) in [5, 5.41) is 3.39. The number of ether oxygens (including phenoxy) is 1. The van der Waals surface area contributed by atoms with Gasteiger partial charge in [-0.15, -0.1) is 0 Å². The molecule has 1 aliphatic rings. The Kier molecular flexibility index (Phi) is 3.34. The van der Waals surface area contributed by atoms with Gasteiger partial charge >= 0.3 is 0 Å². The number of carbonyl (C=O) groups is 1.